The summed E-state index contributed by atoms with van der Waals surface area (Å²) < 4.78 is 27.3. The molecule has 0 atom stereocenters. The molecule has 158 valence electrons. The molecule has 1 N–H and O–H groups in total. The second-order valence-electron chi connectivity index (χ2n) is 6.36. The molecule has 0 fully saturated rings. The van der Waals surface area contributed by atoms with Crippen molar-refractivity contribution in [2.75, 3.05) is 19.4 Å². The number of benzene rings is 2. The summed E-state index contributed by atoms with van der Waals surface area (Å²) in [6, 6.07) is 9.61. The van der Waals surface area contributed by atoms with Crippen LogP contribution in [-0.2, 0) is 16.6 Å². The van der Waals surface area contributed by atoms with Crippen LogP contribution < -0.4 is 5.32 Å². The predicted octanol–water partition coefficient (Wildman–Crippen LogP) is 3.79. The lowest BCUT2D eigenvalue weighted by Crippen LogP contribution is -2.23. The molecule has 0 aliphatic heterocycles. The van der Waals surface area contributed by atoms with Crippen molar-refractivity contribution in [1.82, 2.24) is 19.1 Å². The van der Waals surface area contributed by atoms with Gasteiger partial charge in [-0.3, -0.25) is 10.1 Å². The highest BCUT2D eigenvalue weighted by Gasteiger charge is 2.25. The standard InChI is InChI=1S/C18H16Cl3N5O3S/c1-25(2)30(28,29)16-7-12(14(20)8-15(16)21)17(27)23-18-22-10-26(24-18)9-11-5-3-4-6-13(11)19/h3-8,10H,9H2,1-2H3,(H,23,24,27). The summed E-state index contributed by atoms with van der Waals surface area (Å²) in [5.74, 6) is -0.655. The third-order valence-electron chi connectivity index (χ3n) is 4.08. The monoisotopic (exact) mass is 487 g/mol. The number of rotatable bonds is 6. The minimum atomic E-state index is -3.87. The Morgan fingerprint density at radius 1 is 1.10 bits per heavy atom. The van der Waals surface area contributed by atoms with Crippen LogP contribution in [0.2, 0.25) is 15.1 Å². The first-order valence-corrected chi connectivity index (χ1v) is 11.0. The van der Waals surface area contributed by atoms with E-state index in [9.17, 15) is 13.2 Å². The average Bonchev–Trinajstić information content (AvgIpc) is 3.10. The summed E-state index contributed by atoms with van der Waals surface area (Å²) >= 11 is 18.3. The summed E-state index contributed by atoms with van der Waals surface area (Å²) in [7, 11) is -1.16. The summed E-state index contributed by atoms with van der Waals surface area (Å²) in [5, 5.41) is 7.16. The molecule has 0 spiro atoms. The van der Waals surface area contributed by atoms with E-state index >= 15 is 0 Å². The summed E-state index contributed by atoms with van der Waals surface area (Å²) in [6.07, 6.45) is 1.43. The number of hydrogen-bond donors (Lipinski definition) is 1. The summed E-state index contributed by atoms with van der Waals surface area (Å²) in [4.78, 5) is 16.5. The van der Waals surface area contributed by atoms with Crippen molar-refractivity contribution in [2.24, 2.45) is 0 Å². The van der Waals surface area contributed by atoms with Crippen molar-refractivity contribution in [3.05, 3.63) is 68.9 Å². The van der Waals surface area contributed by atoms with Crippen molar-refractivity contribution in [2.45, 2.75) is 11.4 Å². The summed E-state index contributed by atoms with van der Waals surface area (Å²) in [6.45, 7) is 0.357. The molecule has 1 aromatic heterocycles. The molecule has 0 bridgehead atoms. The highest BCUT2D eigenvalue weighted by Crippen LogP contribution is 2.30. The predicted molar refractivity (Wildman–Crippen MR) is 116 cm³/mol. The van der Waals surface area contributed by atoms with Crippen LogP contribution in [-0.4, -0.2) is 47.5 Å². The van der Waals surface area contributed by atoms with Gasteiger partial charge in [-0.25, -0.2) is 22.4 Å². The van der Waals surface area contributed by atoms with Crippen LogP contribution >= 0.6 is 34.8 Å². The quantitative estimate of drug-likeness (QED) is 0.569. The van der Waals surface area contributed by atoms with Crippen molar-refractivity contribution in [1.29, 1.82) is 0 Å². The fourth-order valence-corrected chi connectivity index (χ4v) is 4.42. The first kappa shape index (κ1) is 22.5. The van der Waals surface area contributed by atoms with Gasteiger partial charge in [0.15, 0.2) is 0 Å². The van der Waals surface area contributed by atoms with E-state index in [-0.39, 0.29) is 26.5 Å². The Bertz CT molecular complexity index is 1210. The number of carbonyl (C=O) groups is 1. The Balaban J connectivity index is 1.83. The van der Waals surface area contributed by atoms with Crippen molar-refractivity contribution < 1.29 is 13.2 Å². The third kappa shape index (κ3) is 4.76. The van der Waals surface area contributed by atoms with E-state index < -0.39 is 15.9 Å². The number of nitrogens with zero attached hydrogens (tertiary/aromatic N) is 4. The number of hydrogen-bond acceptors (Lipinski definition) is 5. The number of halogens is 3. The Labute approximate surface area is 188 Å². The highest BCUT2D eigenvalue weighted by molar-refractivity contribution is 7.89. The SMILES string of the molecule is CN(C)S(=O)(=O)c1cc(C(=O)Nc2ncn(Cc3ccccc3Cl)n2)c(Cl)cc1Cl. The van der Waals surface area contributed by atoms with E-state index in [1.807, 2.05) is 18.2 Å². The van der Waals surface area contributed by atoms with Crippen molar-refractivity contribution in [3.8, 4) is 0 Å². The van der Waals surface area contributed by atoms with Crippen LogP contribution in [0.25, 0.3) is 0 Å². The van der Waals surface area contributed by atoms with Gasteiger partial charge in [0.05, 0.1) is 22.2 Å². The molecule has 1 heterocycles. The molecule has 0 saturated heterocycles. The van der Waals surface area contributed by atoms with Gasteiger partial charge in [-0.05, 0) is 23.8 Å². The molecule has 30 heavy (non-hydrogen) atoms. The molecule has 12 heteroatoms. The number of sulfonamides is 1. The Morgan fingerprint density at radius 3 is 2.47 bits per heavy atom. The second kappa shape index (κ2) is 8.91. The lowest BCUT2D eigenvalue weighted by Gasteiger charge is -2.14. The van der Waals surface area contributed by atoms with E-state index in [4.69, 9.17) is 34.8 Å². The fourth-order valence-electron chi connectivity index (χ4n) is 2.50. The van der Waals surface area contributed by atoms with Crippen LogP contribution in [0.5, 0.6) is 0 Å². The molecule has 0 unspecified atom stereocenters. The number of amides is 1. The number of carbonyl (C=O) groups excluding carboxylic acids is 1. The van der Waals surface area contributed by atoms with Gasteiger partial charge >= 0.3 is 0 Å². The zero-order valence-corrected chi connectivity index (χ0v) is 18.9. The second-order valence-corrected chi connectivity index (χ2v) is 9.70. The molecular weight excluding hydrogens is 473 g/mol. The van der Waals surface area contributed by atoms with E-state index in [1.165, 1.54) is 31.2 Å². The van der Waals surface area contributed by atoms with Gasteiger partial charge in [-0.15, -0.1) is 5.10 Å². The molecule has 0 saturated carbocycles. The molecule has 0 aliphatic carbocycles. The van der Waals surface area contributed by atoms with Crippen LogP contribution in [0.4, 0.5) is 5.95 Å². The number of anilines is 1. The smallest absolute Gasteiger partial charge is 0.259 e. The lowest BCUT2D eigenvalue weighted by atomic mass is 10.2. The van der Waals surface area contributed by atoms with Gasteiger partial charge < -0.3 is 0 Å². The Hall–Kier alpha value is -2.17. The van der Waals surface area contributed by atoms with E-state index in [0.717, 1.165) is 15.9 Å². The van der Waals surface area contributed by atoms with Gasteiger partial charge in [0.2, 0.25) is 16.0 Å². The first-order valence-electron chi connectivity index (χ1n) is 8.45. The van der Waals surface area contributed by atoms with Crippen LogP contribution in [0.1, 0.15) is 15.9 Å². The number of aromatic nitrogens is 3. The zero-order chi connectivity index (χ0) is 22.1. The average molecular weight is 489 g/mol. The van der Waals surface area contributed by atoms with Crippen LogP contribution in [0, 0.1) is 0 Å². The lowest BCUT2D eigenvalue weighted by molar-refractivity contribution is 0.102. The Kier molecular flexibility index (Phi) is 6.68. The van der Waals surface area contributed by atoms with Crippen molar-refractivity contribution >= 4 is 56.7 Å². The molecule has 3 aromatic rings. The molecule has 8 nitrogen and oxygen atoms in total. The van der Waals surface area contributed by atoms with E-state index in [0.29, 0.717) is 11.6 Å². The van der Waals surface area contributed by atoms with E-state index in [1.54, 1.807) is 6.07 Å². The third-order valence-corrected chi connectivity index (χ3v) is 7.04. The highest BCUT2D eigenvalue weighted by atomic mass is 35.5. The largest absolute Gasteiger partial charge is 0.289 e. The Morgan fingerprint density at radius 2 is 1.80 bits per heavy atom. The molecule has 2 aromatic carbocycles. The van der Waals surface area contributed by atoms with Crippen LogP contribution in [0.15, 0.2) is 47.6 Å². The van der Waals surface area contributed by atoms with E-state index in [2.05, 4.69) is 15.4 Å². The van der Waals surface area contributed by atoms with Gasteiger partial charge in [-0.1, -0.05) is 53.0 Å². The topological polar surface area (TPSA) is 97.2 Å². The maximum Gasteiger partial charge on any atom is 0.259 e. The fraction of sp³-hybridized carbons (Fsp3) is 0.167. The minimum Gasteiger partial charge on any atom is -0.289 e. The van der Waals surface area contributed by atoms with Gasteiger partial charge in [0.25, 0.3) is 5.91 Å². The number of nitrogens with one attached hydrogen (secondary N) is 1. The molecule has 1 amide bonds. The maximum absolute atomic E-state index is 12.7. The maximum atomic E-state index is 12.7. The van der Waals surface area contributed by atoms with Gasteiger partial charge in [0, 0.05) is 19.1 Å². The zero-order valence-electron chi connectivity index (χ0n) is 15.8. The van der Waals surface area contributed by atoms with Gasteiger partial charge in [0.1, 0.15) is 11.2 Å². The molecule has 0 aliphatic rings. The van der Waals surface area contributed by atoms with Crippen LogP contribution in [0.3, 0.4) is 0 Å². The first-order chi connectivity index (χ1) is 14.1. The summed E-state index contributed by atoms with van der Waals surface area (Å²) in [5.41, 5.74) is 0.755. The normalized spacial score (nSPS) is 11.7. The minimum absolute atomic E-state index is 0.00861. The van der Waals surface area contributed by atoms with Gasteiger partial charge in [-0.2, -0.15) is 0 Å². The van der Waals surface area contributed by atoms with Crippen molar-refractivity contribution in [3.63, 3.8) is 0 Å². The molecular formula is C18H16Cl3N5O3S. The molecule has 0 radical (unpaired) electrons. The molecule has 3 rings (SSSR count).